The van der Waals surface area contributed by atoms with Gasteiger partial charge in [-0.1, -0.05) is 109 Å². The van der Waals surface area contributed by atoms with Crippen LogP contribution in [0.3, 0.4) is 0 Å². The molecule has 6 atom stereocenters. The smallest absolute Gasteiger partial charge is 0.238 e. The molecule has 0 spiro atoms. The molecule has 0 bridgehead atoms. The molecule has 4 aromatic carbocycles. The molecule has 6 heteroatoms. The number of amides is 2. The number of benzene rings is 4. The van der Waals surface area contributed by atoms with Gasteiger partial charge in [0.25, 0.3) is 0 Å². The Morgan fingerprint density at radius 1 is 0.820 bits per heavy atom. The number of hydrogen-bond acceptors (Lipinski definition) is 5. The first kappa shape index (κ1) is 31.6. The van der Waals surface area contributed by atoms with E-state index in [0.717, 1.165) is 22.3 Å². The van der Waals surface area contributed by atoms with Crippen LogP contribution in [-0.4, -0.2) is 28.5 Å². The molecular weight excluding hydrogens is 622 g/mol. The van der Waals surface area contributed by atoms with Crippen molar-refractivity contribution in [3.8, 4) is 5.75 Å². The van der Waals surface area contributed by atoms with Crippen molar-refractivity contribution in [2.45, 2.75) is 38.0 Å². The van der Waals surface area contributed by atoms with Crippen LogP contribution in [0.2, 0.25) is 0 Å². The quantitative estimate of drug-likeness (QED) is 0.175. The molecule has 4 aliphatic rings. The second-order valence-corrected chi connectivity index (χ2v) is 14.1. The van der Waals surface area contributed by atoms with Gasteiger partial charge >= 0.3 is 0 Å². The van der Waals surface area contributed by atoms with E-state index in [1.807, 2.05) is 98.8 Å². The van der Waals surface area contributed by atoms with E-state index < -0.39 is 35.0 Å². The fourth-order valence-electron chi connectivity index (χ4n) is 9.42. The predicted octanol–water partition coefficient (Wildman–Crippen LogP) is 7.68. The van der Waals surface area contributed by atoms with Gasteiger partial charge in [-0.05, 0) is 84.2 Å². The lowest BCUT2D eigenvalue weighted by Gasteiger charge is -2.55. The number of allylic oxidation sites excluding steroid dienone is 4. The van der Waals surface area contributed by atoms with Crippen molar-refractivity contribution in [3.05, 3.63) is 155 Å². The molecule has 2 fully saturated rings. The van der Waals surface area contributed by atoms with Gasteiger partial charge in [-0.3, -0.25) is 24.1 Å². The monoisotopic (exact) mass is 659 g/mol. The molecule has 1 heterocycles. The molecule has 8 rings (SSSR count). The Morgan fingerprint density at radius 2 is 1.46 bits per heavy atom. The number of rotatable bonds is 5. The minimum Gasteiger partial charge on any atom is -0.507 e. The fourth-order valence-corrected chi connectivity index (χ4v) is 9.42. The second kappa shape index (κ2) is 11.8. The van der Waals surface area contributed by atoms with Gasteiger partial charge in [0.2, 0.25) is 11.8 Å². The summed E-state index contributed by atoms with van der Waals surface area (Å²) in [6.45, 7) is 7.48. The van der Waals surface area contributed by atoms with Crippen molar-refractivity contribution in [2.75, 3.05) is 4.90 Å². The lowest BCUT2D eigenvalue weighted by atomic mass is 9.44. The summed E-state index contributed by atoms with van der Waals surface area (Å²) in [6.07, 6.45) is 5.89. The van der Waals surface area contributed by atoms with Crippen LogP contribution in [0.15, 0.2) is 121 Å². The number of ketones is 2. The minimum atomic E-state index is -1.31. The Morgan fingerprint density at radius 3 is 2.10 bits per heavy atom. The predicted molar refractivity (Wildman–Crippen MR) is 193 cm³/mol. The molecule has 1 N–H and O–H groups in total. The van der Waals surface area contributed by atoms with Gasteiger partial charge < -0.3 is 5.11 Å². The first-order valence-electron chi connectivity index (χ1n) is 17.2. The Balaban J connectivity index is 1.36. The van der Waals surface area contributed by atoms with Gasteiger partial charge in [-0.15, -0.1) is 0 Å². The number of aromatic hydroxyl groups is 1. The van der Waals surface area contributed by atoms with E-state index in [0.29, 0.717) is 34.4 Å². The van der Waals surface area contributed by atoms with Gasteiger partial charge in [0.05, 0.1) is 22.9 Å². The van der Waals surface area contributed by atoms with E-state index >= 15 is 9.59 Å². The van der Waals surface area contributed by atoms with Gasteiger partial charge in [0, 0.05) is 17.4 Å². The topological polar surface area (TPSA) is 91.8 Å². The van der Waals surface area contributed by atoms with Crippen molar-refractivity contribution >= 4 is 40.7 Å². The number of phenolic OH excluding ortho intramolecular Hbond substituents is 1. The van der Waals surface area contributed by atoms with Crippen LogP contribution in [0.25, 0.3) is 11.6 Å². The average molecular weight is 660 g/mol. The van der Waals surface area contributed by atoms with E-state index in [1.165, 1.54) is 11.0 Å². The average Bonchev–Trinajstić information content (AvgIpc) is 3.40. The SMILES string of the molecule is C=Cc1ccc(N2C(=O)[C@H]3[C@H](CC=C4[C@H]3C[C@H]3C(=O)C(c5ccccc5)=CC(=O)[C@@]3(c3ccccc3)[C@H]4c3cc(C)c(O)c(C)c3)C2=O)cc1. The van der Waals surface area contributed by atoms with E-state index in [-0.39, 0.29) is 35.6 Å². The van der Waals surface area contributed by atoms with E-state index in [9.17, 15) is 14.7 Å². The van der Waals surface area contributed by atoms with Crippen LogP contribution in [0.1, 0.15) is 52.1 Å². The maximum Gasteiger partial charge on any atom is 0.238 e. The number of anilines is 1. The van der Waals surface area contributed by atoms with Crippen LogP contribution in [0.5, 0.6) is 5.75 Å². The van der Waals surface area contributed by atoms with E-state index in [2.05, 4.69) is 12.7 Å². The normalized spacial score (nSPS) is 27.2. The summed E-state index contributed by atoms with van der Waals surface area (Å²) in [6, 6.07) is 29.8. The van der Waals surface area contributed by atoms with Crippen molar-refractivity contribution in [3.63, 3.8) is 0 Å². The number of Topliss-reactive ketones (excluding diaryl/α,β-unsaturated/α-hetero) is 1. The number of phenols is 1. The third kappa shape index (κ3) is 4.47. The number of imide groups is 1. The Labute approximate surface area is 291 Å². The van der Waals surface area contributed by atoms with Crippen molar-refractivity contribution in [1.29, 1.82) is 0 Å². The number of carbonyl (C=O) groups is 4. The van der Waals surface area contributed by atoms with Gasteiger partial charge in [-0.25, -0.2) is 0 Å². The van der Waals surface area contributed by atoms with Gasteiger partial charge in [-0.2, -0.15) is 0 Å². The largest absolute Gasteiger partial charge is 0.507 e. The maximum atomic E-state index is 15.2. The molecule has 1 saturated carbocycles. The van der Waals surface area contributed by atoms with Gasteiger partial charge in [0.1, 0.15) is 5.75 Å². The van der Waals surface area contributed by atoms with Crippen LogP contribution in [-0.2, 0) is 24.6 Å². The number of nitrogens with zero attached hydrogens (tertiary/aromatic N) is 1. The van der Waals surface area contributed by atoms with Crippen molar-refractivity contribution in [2.24, 2.45) is 23.7 Å². The molecule has 3 aliphatic carbocycles. The zero-order valence-corrected chi connectivity index (χ0v) is 28.0. The first-order chi connectivity index (χ1) is 24.2. The summed E-state index contributed by atoms with van der Waals surface area (Å²) in [5.41, 5.74) is 4.86. The van der Waals surface area contributed by atoms with E-state index in [4.69, 9.17) is 0 Å². The van der Waals surface area contributed by atoms with E-state index in [1.54, 1.807) is 18.2 Å². The molecular formula is C44H37NO5. The molecule has 6 nitrogen and oxygen atoms in total. The molecule has 50 heavy (non-hydrogen) atoms. The number of aryl methyl sites for hydroxylation is 2. The molecule has 2 amide bonds. The van der Waals surface area contributed by atoms with Crippen LogP contribution in [0, 0.1) is 37.5 Å². The van der Waals surface area contributed by atoms with Crippen LogP contribution in [0.4, 0.5) is 5.69 Å². The summed E-state index contributed by atoms with van der Waals surface area (Å²) >= 11 is 0. The fraction of sp³-hybridized carbons (Fsp3) is 0.227. The molecule has 1 saturated heterocycles. The molecule has 1 aliphatic heterocycles. The highest BCUT2D eigenvalue weighted by Gasteiger charge is 2.66. The molecule has 0 unspecified atom stereocenters. The number of carbonyl (C=O) groups excluding carboxylic acids is 4. The third-order valence-corrected chi connectivity index (χ3v) is 11.6. The second-order valence-electron chi connectivity index (χ2n) is 14.1. The van der Waals surface area contributed by atoms with Crippen molar-refractivity contribution in [1.82, 2.24) is 0 Å². The number of hydrogen-bond donors (Lipinski definition) is 1. The zero-order chi connectivity index (χ0) is 34.9. The van der Waals surface area contributed by atoms with Gasteiger partial charge in [0.15, 0.2) is 11.6 Å². The Hall–Kier alpha value is -5.62. The molecule has 0 radical (unpaired) electrons. The third-order valence-electron chi connectivity index (χ3n) is 11.6. The highest BCUT2D eigenvalue weighted by atomic mass is 16.3. The summed E-state index contributed by atoms with van der Waals surface area (Å²) < 4.78 is 0. The highest BCUT2D eigenvalue weighted by molar-refractivity contribution is 6.32. The van der Waals surface area contributed by atoms with Crippen LogP contribution < -0.4 is 4.90 Å². The summed E-state index contributed by atoms with van der Waals surface area (Å²) in [4.78, 5) is 60.2. The maximum absolute atomic E-state index is 15.2. The molecule has 4 aromatic rings. The lowest BCUT2D eigenvalue weighted by Crippen LogP contribution is -2.58. The summed E-state index contributed by atoms with van der Waals surface area (Å²) in [7, 11) is 0. The van der Waals surface area contributed by atoms with Crippen molar-refractivity contribution < 1.29 is 24.3 Å². The first-order valence-corrected chi connectivity index (χ1v) is 17.2. The standard InChI is InChI=1S/C44H37NO5/c1-4-27-15-17-31(18-16-27)45-42(49)33-20-19-32-35(38(33)43(45)50)23-36-41(48)34(28-11-7-5-8-12-28)24-37(46)44(36,30-13-9-6-10-14-30)39(32)29-21-25(2)40(47)26(3)22-29/h4-19,21-22,24,33,35-36,38-39,47H,1,20,23H2,2-3H3/t33-,35+,36-,38-,39-,44-/m0/s1. The number of fused-ring (bicyclic) bond motifs is 4. The lowest BCUT2D eigenvalue weighted by molar-refractivity contribution is -0.135. The highest BCUT2D eigenvalue weighted by Crippen LogP contribution is 2.64. The summed E-state index contributed by atoms with van der Waals surface area (Å²) in [5, 5.41) is 10.8. The Bertz CT molecular complexity index is 2140. The minimum absolute atomic E-state index is 0.147. The Kier molecular flexibility index (Phi) is 7.44. The molecule has 0 aromatic heterocycles. The zero-order valence-electron chi connectivity index (χ0n) is 28.0. The summed E-state index contributed by atoms with van der Waals surface area (Å²) in [5.74, 6) is -3.83. The molecule has 248 valence electrons. The van der Waals surface area contributed by atoms with Crippen LogP contribution >= 0.6 is 0 Å².